The zero-order valence-electron chi connectivity index (χ0n) is 11.8. The van der Waals surface area contributed by atoms with Crippen molar-refractivity contribution in [1.82, 2.24) is 4.90 Å². The van der Waals surface area contributed by atoms with E-state index >= 15 is 0 Å². The Labute approximate surface area is 119 Å². The smallest absolute Gasteiger partial charge is 0.345 e. The van der Waals surface area contributed by atoms with E-state index in [0.717, 1.165) is 17.3 Å². The van der Waals surface area contributed by atoms with Crippen LogP contribution in [0.4, 0.5) is 0 Å². The number of carboxylic acid groups (broad SMARTS) is 1. The normalized spacial score (nSPS) is 23.7. The fraction of sp³-hybridized carbons (Fsp3) is 0.667. The molecule has 1 saturated carbocycles. The van der Waals surface area contributed by atoms with Gasteiger partial charge in [0.15, 0.2) is 0 Å². The molecule has 0 atom stereocenters. The quantitative estimate of drug-likeness (QED) is 0.891. The summed E-state index contributed by atoms with van der Waals surface area (Å²) in [5.41, 5.74) is 0. The first-order chi connectivity index (χ1) is 9.10. The Balaban J connectivity index is 1.86. The highest BCUT2D eigenvalue weighted by Crippen LogP contribution is 2.30. The first kappa shape index (κ1) is 14.5. The largest absolute Gasteiger partial charge is 0.477 e. The van der Waals surface area contributed by atoms with Gasteiger partial charge in [-0.2, -0.15) is 0 Å². The van der Waals surface area contributed by atoms with Crippen molar-refractivity contribution in [2.45, 2.75) is 51.6 Å². The van der Waals surface area contributed by atoms with Gasteiger partial charge in [-0.15, -0.1) is 11.3 Å². The number of rotatable bonds is 5. The lowest BCUT2D eigenvalue weighted by Gasteiger charge is -2.34. The van der Waals surface area contributed by atoms with E-state index in [1.165, 1.54) is 43.4 Å². The molecule has 1 fully saturated rings. The zero-order valence-corrected chi connectivity index (χ0v) is 12.6. The molecule has 0 saturated heterocycles. The van der Waals surface area contributed by atoms with E-state index in [0.29, 0.717) is 10.9 Å². The van der Waals surface area contributed by atoms with Gasteiger partial charge in [-0.05, 0) is 50.8 Å². The van der Waals surface area contributed by atoms with Gasteiger partial charge >= 0.3 is 5.97 Å². The molecule has 2 rings (SSSR count). The lowest BCUT2D eigenvalue weighted by molar-refractivity contribution is 0.0702. The molecular formula is C15H23NO2S. The van der Waals surface area contributed by atoms with Crippen molar-refractivity contribution >= 4 is 17.3 Å². The van der Waals surface area contributed by atoms with Gasteiger partial charge in [-0.25, -0.2) is 4.79 Å². The molecule has 3 nitrogen and oxygen atoms in total. The predicted molar refractivity (Wildman–Crippen MR) is 78.8 cm³/mol. The molecular weight excluding hydrogens is 258 g/mol. The highest BCUT2D eigenvalue weighted by Gasteiger charge is 2.23. The van der Waals surface area contributed by atoms with Crippen LogP contribution in [0, 0.1) is 5.92 Å². The molecule has 0 spiro atoms. The van der Waals surface area contributed by atoms with Crippen LogP contribution in [0.2, 0.25) is 0 Å². The number of carboxylic acids is 1. The van der Waals surface area contributed by atoms with E-state index in [9.17, 15) is 4.79 Å². The molecule has 0 unspecified atom stereocenters. The van der Waals surface area contributed by atoms with Gasteiger partial charge in [0.2, 0.25) is 0 Å². The summed E-state index contributed by atoms with van der Waals surface area (Å²) in [5.74, 6) is 0.104. The number of hydrogen-bond acceptors (Lipinski definition) is 3. The summed E-state index contributed by atoms with van der Waals surface area (Å²) in [6.07, 6.45) is 6.56. The third-order valence-electron chi connectivity index (χ3n) is 4.29. The Hall–Kier alpha value is -0.870. The second-order valence-electron chi connectivity index (χ2n) is 5.57. The Morgan fingerprint density at radius 3 is 2.58 bits per heavy atom. The van der Waals surface area contributed by atoms with Crippen molar-refractivity contribution in [3.63, 3.8) is 0 Å². The number of hydrogen-bond donors (Lipinski definition) is 1. The minimum atomic E-state index is -0.817. The summed E-state index contributed by atoms with van der Waals surface area (Å²) >= 11 is 1.40. The van der Waals surface area contributed by atoms with Gasteiger partial charge in [0, 0.05) is 17.5 Å². The van der Waals surface area contributed by atoms with Gasteiger partial charge in [0.25, 0.3) is 0 Å². The monoisotopic (exact) mass is 281 g/mol. The second kappa shape index (κ2) is 6.53. The van der Waals surface area contributed by atoms with Crippen LogP contribution in [0.25, 0.3) is 0 Å². The first-order valence-corrected chi connectivity index (χ1v) is 7.94. The predicted octanol–water partition coefficient (Wildman–Crippen LogP) is 3.85. The molecule has 1 aliphatic rings. The van der Waals surface area contributed by atoms with Crippen LogP contribution < -0.4 is 0 Å². The first-order valence-electron chi connectivity index (χ1n) is 7.12. The molecule has 19 heavy (non-hydrogen) atoms. The van der Waals surface area contributed by atoms with Crippen molar-refractivity contribution in [3.05, 3.63) is 21.9 Å². The summed E-state index contributed by atoms with van der Waals surface area (Å²) in [7, 11) is 2.16. The Kier molecular flexibility index (Phi) is 4.99. The van der Waals surface area contributed by atoms with Gasteiger partial charge in [0.05, 0.1) is 0 Å². The van der Waals surface area contributed by atoms with Crippen LogP contribution in [-0.4, -0.2) is 29.1 Å². The molecule has 1 aliphatic carbocycles. The lowest BCUT2D eigenvalue weighted by Crippen LogP contribution is -2.34. The second-order valence-corrected chi connectivity index (χ2v) is 6.74. The van der Waals surface area contributed by atoms with Gasteiger partial charge in [-0.1, -0.05) is 13.3 Å². The van der Waals surface area contributed by atoms with Crippen molar-refractivity contribution in [2.24, 2.45) is 5.92 Å². The number of nitrogens with zero attached hydrogens (tertiary/aromatic N) is 1. The summed E-state index contributed by atoms with van der Waals surface area (Å²) in [4.78, 5) is 14.9. The van der Waals surface area contributed by atoms with Crippen molar-refractivity contribution < 1.29 is 9.90 Å². The van der Waals surface area contributed by atoms with Crippen molar-refractivity contribution in [3.8, 4) is 0 Å². The summed E-state index contributed by atoms with van der Waals surface area (Å²) < 4.78 is 0. The van der Waals surface area contributed by atoms with Crippen molar-refractivity contribution in [2.75, 3.05) is 7.05 Å². The average Bonchev–Trinajstić information content (AvgIpc) is 2.87. The van der Waals surface area contributed by atoms with Crippen LogP contribution in [0.5, 0.6) is 0 Å². The maximum Gasteiger partial charge on any atom is 0.345 e. The highest BCUT2D eigenvalue weighted by molar-refractivity contribution is 7.13. The molecule has 1 aromatic rings. The van der Waals surface area contributed by atoms with Crippen molar-refractivity contribution in [1.29, 1.82) is 0 Å². The van der Waals surface area contributed by atoms with Crippen LogP contribution in [0.15, 0.2) is 12.1 Å². The Bertz CT molecular complexity index is 422. The number of thiophene rings is 1. The van der Waals surface area contributed by atoms with Crippen LogP contribution in [0.3, 0.4) is 0 Å². The molecule has 0 radical (unpaired) electrons. The van der Waals surface area contributed by atoms with Crippen LogP contribution in [0.1, 0.15) is 53.6 Å². The van der Waals surface area contributed by atoms with Gasteiger partial charge in [-0.3, -0.25) is 4.90 Å². The standard InChI is InChI=1S/C15H23NO2S/c1-3-11-4-6-12(7-5-11)16(2)10-13-8-9-14(19-13)15(17)18/h8-9,11-12H,3-7,10H2,1-2H3,(H,17,18). The highest BCUT2D eigenvalue weighted by atomic mass is 32.1. The minimum Gasteiger partial charge on any atom is -0.477 e. The maximum atomic E-state index is 10.9. The molecule has 0 aromatic carbocycles. The zero-order chi connectivity index (χ0) is 13.8. The number of carbonyl (C=O) groups is 1. The third-order valence-corrected chi connectivity index (χ3v) is 5.35. The average molecular weight is 281 g/mol. The maximum absolute atomic E-state index is 10.9. The molecule has 0 bridgehead atoms. The van der Waals surface area contributed by atoms with Gasteiger partial charge in [0.1, 0.15) is 4.88 Å². The number of aromatic carboxylic acids is 1. The van der Waals surface area contributed by atoms with Crippen LogP contribution >= 0.6 is 11.3 Å². The molecule has 106 valence electrons. The van der Waals surface area contributed by atoms with E-state index in [2.05, 4.69) is 18.9 Å². The minimum absolute atomic E-state index is 0.443. The molecule has 4 heteroatoms. The van der Waals surface area contributed by atoms with Gasteiger partial charge < -0.3 is 5.11 Å². The van der Waals surface area contributed by atoms with E-state index in [4.69, 9.17) is 5.11 Å². The van der Waals surface area contributed by atoms with Crippen LogP contribution in [-0.2, 0) is 6.54 Å². The lowest BCUT2D eigenvalue weighted by atomic mass is 9.84. The molecule has 0 aliphatic heterocycles. The topological polar surface area (TPSA) is 40.5 Å². The fourth-order valence-corrected chi connectivity index (χ4v) is 3.86. The van der Waals surface area contributed by atoms with E-state index in [-0.39, 0.29) is 0 Å². The molecule has 0 amide bonds. The molecule has 1 heterocycles. The summed E-state index contributed by atoms with van der Waals surface area (Å²) in [6.45, 7) is 3.16. The molecule has 1 aromatic heterocycles. The summed E-state index contributed by atoms with van der Waals surface area (Å²) in [5, 5.41) is 8.93. The third kappa shape index (κ3) is 3.80. The Morgan fingerprint density at radius 1 is 1.37 bits per heavy atom. The van der Waals surface area contributed by atoms with E-state index in [1.807, 2.05) is 6.07 Å². The Morgan fingerprint density at radius 2 is 2.05 bits per heavy atom. The molecule has 1 N–H and O–H groups in total. The summed E-state index contributed by atoms with van der Waals surface area (Å²) in [6, 6.07) is 4.32. The van der Waals surface area contributed by atoms with E-state index in [1.54, 1.807) is 6.07 Å². The fourth-order valence-electron chi connectivity index (χ4n) is 2.95. The SMILES string of the molecule is CCC1CCC(N(C)Cc2ccc(C(=O)O)s2)CC1. The van der Waals surface area contributed by atoms with E-state index < -0.39 is 5.97 Å².